The predicted octanol–water partition coefficient (Wildman–Crippen LogP) is 2.87. The second-order valence-corrected chi connectivity index (χ2v) is 6.30. The lowest BCUT2D eigenvalue weighted by Gasteiger charge is -2.22. The van der Waals surface area contributed by atoms with Gasteiger partial charge in [0, 0.05) is 31.5 Å². The summed E-state index contributed by atoms with van der Waals surface area (Å²) in [5.41, 5.74) is 3.02. The van der Waals surface area contributed by atoms with Crippen molar-refractivity contribution in [2.24, 2.45) is 0 Å². The number of amides is 3. The number of anilines is 2. The third-order valence-electron chi connectivity index (χ3n) is 4.54. The van der Waals surface area contributed by atoms with Crippen LogP contribution in [0.1, 0.15) is 34.7 Å². The van der Waals surface area contributed by atoms with E-state index < -0.39 is 0 Å². The summed E-state index contributed by atoms with van der Waals surface area (Å²) >= 11 is 0. The summed E-state index contributed by atoms with van der Waals surface area (Å²) in [5.74, 6) is 0.440. The highest BCUT2D eigenvalue weighted by atomic mass is 16.4. The van der Waals surface area contributed by atoms with Gasteiger partial charge >= 0.3 is 6.03 Å². The molecule has 1 saturated heterocycles. The molecule has 0 saturated carbocycles. The monoisotopic (exact) mass is 356 g/mol. The van der Waals surface area contributed by atoms with Crippen LogP contribution in [0.4, 0.5) is 16.2 Å². The van der Waals surface area contributed by atoms with Gasteiger partial charge in [-0.25, -0.2) is 4.79 Å². The Morgan fingerprint density at radius 1 is 1.15 bits per heavy atom. The van der Waals surface area contributed by atoms with E-state index in [0.717, 1.165) is 24.3 Å². The third kappa shape index (κ3) is 3.99. The van der Waals surface area contributed by atoms with Gasteiger partial charge in [-0.3, -0.25) is 4.79 Å². The lowest BCUT2D eigenvalue weighted by Crippen LogP contribution is -2.28. The van der Waals surface area contributed by atoms with Gasteiger partial charge in [-0.15, -0.1) is 0 Å². The summed E-state index contributed by atoms with van der Waals surface area (Å²) in [5, 5.41) is 8.12. The molecule has 138 valence electrons. The van der Waals surface area contributed by atoms with Crippen LogP contribution in [0.3, 0.4) is 0 Å². The average molecular weight is 356 g/mol. The molecular formula is C19H24N4O3. The first-order chi connectivity index (χ1) is 12.6. The SMILES string of the molecule is CNC(=O)c1ccc(CNC(=O)Nc2cccc(N3CCCC3)c2C)o1. The van der Waals surface area contributed by atoms with E-state index >= 15 is 0 Å². The molecule has 0 unspecified atom stereocenters. The molecule has 0 aliphatic carbocycles. The Morgan fingerprint density at radius 2 is 1.92 bits per heavy atom. The van der Waals surface area contributed by atoms with Crippen LogP contribution in [-0.4, -0.2) is 32.1 Å². The van der Waals surface area contributed by atoms with E-state index in [9.17, 15) is 9.59 Å². The summed E-state index contributed by atoms with van der Waals surface area (Å²) in [6, 6.07) is 8.88. The van der Waals surface area contributed by atoms with Gasteiger partial charge in [-0.2, -0.15) is 0 Å². The molecule has 1 aromatic heterocycles. The molecule has 26 heavy (non-hydrogen) atoms. The molecule has 3 rings (SSSR count). The zero-order chi connectivity index (χ0) is 18.5. The molecule has 1 fully saturated rings. The number of urea groups is 1. The van der Waals surface area contributed by atoms with Crippen molar-refractivity contribution in [3.05, 3.63) is 47.4 Å². The molecule has 7 nitrogen and oxygen atoms in total. The largest absolute Gasteiger partial charge is 0.454 e. The lowest BCUT2D eigenvalue weighted by atomic mass is 10.1. The molecule has 2 aromatic rings. The number of hydrogen-bond donors (Lipinski definition) is 3. The van der Waals surface area contributed by atoms with Gasteiger partial charge in [0.1, 0.15) is 5.76 Å². The van der Waals surface area contributed by atoms with Gasteiger partial charge < -0.3 is 25.3 Å². The summed E-state index contributed by atoms with van der Waals surface area (Å²) in [6.07, 6.45) is 2.41. The smallest absolute Gasteiger partial charge is 0.319 e. The number of hydrogen-bond acceptors (Lipinski definition) is 4. The molecule has 1 aromatic carbocycles. The third-order valence-corrected chi connectivity index (χ3v) is 4.54. The molecule has 1 aliphatic rings. The van der Waals surface area contributed by atoms with Crippen molar-refractivity contribution in [1.82, 2.24) is 10.6 Å². The first-order valence-corrected chi connectivity index (χ1v) is 8.78. The number of furan rings is 1. The Labute approximate surface area is 152 Å². The Kier molecular flexibility index (Phi) is 5.46. The fraction of sp³-hybridized carbons (Fsp3) is 0.368. The molecule has 0 radical (unpaired) electrons. The van der Waals surface area contributed by atoms with Gasteiger partial charge in [0.15, 0.2) is 5.76 Å². The number of nitrogens with zero attached hydrogens (tertiary/aromatic N) is 1. The van der Waals surface area contributed by atoms with E-state index in [1.54, 1.807) is 12.1 Å². The van der Waals surface area contributed by atoms with Crippen molar-refractivity contribution in [3.8, 4) is 0 Å². The average Bonchev–Trinajstić information content (AvgIpc) is 3.33. The zero-order valence-electron chi connectivity index (χ0n) is 15.1. The van der Waals surface area contributed by atoms with Crippen molar-refractivity contribution in [1.29, 1.82) is 0 Å². The number of carbonyl (C=O) groups is 2. The van der Waals surface area contributed by atoms with Gasteiger partial charge in [0.25, 0.3) is 5.91 Å². The molecule has 0 atom stereocenters. The van der Waals surface area contributed by atoms with Crippen LogP contribution in [0.25, 0.3) is 0 Å². The van der Waals surface area contributed by atoms with Crippen LogP contribution < -0.4 is 20.9 Å². The van der Waals surface area contributed by atoms with E-state index in [0.29, 0.717) is 5.76 Å². The van der Waals surface area contributed by atoms with E-state index in [1.165, 1.54) is 25.6 Å². The Balaban J connectivity index is 1.59. The molecular weight excluding hydrogens is 332 g/mol. The van der Waals surface area contributed by atoms with Crippen LogP contribution >= 0.6 is 0 Å². The van der Waals surface area contributed by atoms with Crippen LogP contribution in [0.15, 0.2) is 34.7 Å². The molecule has 7 heteroatoms. The summed E-state index contributed by atoms with van der Waals surface area (Å²) in [6.45, 7) is 4.34. The van der Waals surface area contributed by atoms with Crippen LogP contribution in [0.2, 0.25) is 0 Å². The number of rotatable bonds is 5. The standard InChI is InChI=1S/C19H24N4O3/c1-13-15(6-5-7-16(13)23-10-3-4-11-23)22-19(25)21-12-14-8-9-17(26-14)18(24)20-2/h5-9H,3-4,10-12H2,1-2H3,(H,20,24)(H2,21,22,25). The predicted molar refractivity (Wildman–Crippen MR) is 101 cm³/mol. The maximum atomic E-state index is 12.2. The maximum absolute atomic E-state index is 12.2. The number of nitrogens with one attached hydrogen (secondary N) is 3. The van der Waals surface area contributed by atoms with Crippen molar-refractivity contribution in [2.75, 3.05) is 30.4 Å². The minimum absolute atomic E-state index is 0.202. The maximum Gasteiger partial charge on any atom is 0.319 e. The van der Waals surface area contributed by atoms with E-state index in [-0.39, 0.29) is 24.2 Å². The Hall–Kier alpha value is -2.96. The highest BCUT2D eigenvalue weighted by molar-refractivity contribution is 5.92. The fourth-order valence-electron chi connectivity index (χ4n) is 3.11. The van der Waals surface area contributed by atoms with Crippen LogP contribution in [0, 0.1) is 6.92 Å². The van der Waals surface area contributed by atoms with E-state index in [4.69, 9.17) is 4.42 Å². The van der Waals surface area contributed by atoms with Crippen molar-refractivity contribution in [2.45, 2.75) is 26.3 Å². The summed E-state index contributed by atoms with van der Waals surface area (Å²) in [4.78, 5) is 26.0. The highest BCUT2D eigenvalue weighted by Gasteiger charge is 2.16. The molecule has 3 amide bonds. The quantitative estimate of drug-likeness (QED) is 0.769. The first-order valence-electron chi connectivity index (χ1n) is 8.78. The topological polar surface area (TPSA) is 86.6 Å². The van der Waals surface area contributed by atoms with Crippen molar-refractivity contribution >= 4 is 23.3 Å². The molecule has 0 spiro atoms. The van der Waals surface area contributed by atoms with E-state index in [1.807, 2.05) is 19.1 Å². The molecule has 3 N–H and O–H groups in total. The molecule has 0 bridgehead atoms. The zero-order valence-corrected chi connectivity index (χ0v) is 15.1. The minimum atomic E-state index is -0.315. The Morgan fingerprint density at radius 3 is 2.65 bits per heavy atom. The van der Waals surface area contributed by atoms with Gasteiger partial charge in [0.2, 0.25) is 0 Å². The van der Waals surface area contributed by atoms with Crippen molar-refractivity contribution in [3.63, 3.8) is 0 Å². The first kappa shape index (κ1) is 17.8. The van der Waals surface area contributed by atoms with Gasteiger partial charge in [0.05, 0.1) is 6.54 Å². The minimum Gasteiger partial charge on any atom is -0.454 e. The van der Waals surface area contributed by atoms with Gasteiger partial charge in [-0.1, -0.05) is 6.07 Å². The summed E-state index contributed by atoms with van der Waals surface area (Å²) < 4.78 is 5.39. The summed E-state index contributed by atoms with van der Waals surface area (Å²) in [7, 11) is 1.54. The van der Waals surface area contributed by atoms with E-state index in [2.05, 4.69) is 26.9 Å². The van der Waals surface area contributed by atoms with Crippen LogP contribution in [-0.2, 0) is 6.54 Å². The normalized spacial score (nSPS) is 13.5. The Bertz CT molecular complexity index is 794. The highest BCUT2D eigenvalue weighted by Crippen LogP contribution is 2.29. The second-order valence-electron chi connectivity index (χ2n) is 6.30. The molecule has 2 heterocycles. The van der Waals surface area contributed by atoms with Gasteiger partial charge in [-0.05, 0) is 49.6 Å². The number of benzene rings is 1. The lowest BCUT2D eigenvalue weighted by molar-refractivity contribution is 0.0934. The van der Waals surface area contributed by atoms with Crippen LogP contribution in [0.5, 0.6) is 0 Å². The van der Waals surface area contributed by atoms with Crippen molar-refractivity contribution < 1.29 is 14.0 Å². The molecule has 1 aliphatic heterocycles. The second kappa shape index (κ2) is 7.95. The fourth-order valence-corrected chi connectivity index (χ4v) is 3.11. The number of carbonyl (C=O) groups excluding carboxylic acids is 2.